The monoisotopic (exact) mass is 470 g/mol. The van der Waals surface area contributed by atoms with Gasteiger partial charge in [0, 0.05) is 0 Å². The molecule has 0 spiro atoms. The number of amides is 2. The van der Waals surface area contributed by atoms with Crippen LogP contribution in [0.5, 0.6) is 0 Å². The van der Waals surface area contributed by atoms with Crippen LogP contribution in [-0.4, -0.2) is 48.7 Å². The highest BCUT2D eigenvalue weighted by atomic mass is 31.2. The van der Waals surface area contributed by atoms with Crippen LogP contribution < -0.4 is 11.1 Å². The van der Waals surface area contributed by atoms with Crippen LogP contribution in [0.2, 0.25) is 0 Å². The van der Waals surface area contributed by atoms with Crippen LogP contribution in [0.3, 0.4) is 0 Å². The first kappa shape index (κ1) is 23.3. The van der Waals surface area contributed by atoms with Gasteiger partial charge < -0.3 is 25.3 Å². The van der Waals surface area contributed by atoms with Crippen molar-refractivity contribution in [2.45, 2.75) is 64.3 Å². The first-order valence-corrected chi connectivity index (χ1v) is 11.7. The summed E-state index contributed by atoms with van der Waals surface area (Å²) >= 11 is 0. The minimum atomic E-state index is -3.86. The Labute approximate surface area is 185 Å². The molecule has 2 saturated heterocycles. The summed E-state index contributed by atoms with van der Waals surface area (Å²) in [5, 5.41) is 2.61. The van der Waals surface area contributed by atoms with E-state index in [1.807, 2.05) is 24.3 Å². The number of carbonyl (C=O) groups is 2. The Morgan fingerprint density at radius 3 is 2.38 bits per heavy atom. The van der Waals surface area contributed by atoms with Gasteiger partial charge in [-0.05, 0) is 31.9 Å². The number of fused-ring (bicyclic) bond motifs is 2. The van der Waals surface area contributed by atoms with Crippen molar-refractivity contribution in [2.75, 3.05) is 6.61 Å². The molecular formula is C20H27N2O9P. The minimum absolute atomic E-state index is 0.0847. The maximum absolute atomic E-state index is 13.0. The summed E-state index contributed by atoms with van der Waals surface area (Å²) in [6.07, 6.45) is -2.93. The molecular weight excluding hydrogens is 443 g/mol. The smallest absolute Gasteiger partial charge is 0.369 e. The Hall–Kier alpha value is -1.85. The molecule has 0 aromatic heterocycles. The third-order valence-corrected chi connectivity index (χ3v) is 6.88. The van der Waals surface area contributed by atoms with Crippen LogP contribution in [-0.2, 0) is 55.1 Å². The lowest BCUT2D eigenvalue weighted by atomic mass is 10.1. The van der Waals surface area contributed by atoms with Crippen molar-refractivity contribution in [3.63, 3.8) is 0 Å². The summed E-state index contributed by atoms with van der Waals surface area (Å²) in [6, 6.07) is 7.45. The zero-order chi connectivity index (χ0) is 23.1. The van der Waals surface area contributed by atoms with Crippen LogP contribution in [0, 0.1) is 5.92 Å². The fourth-order valence-corrected chi connectivity index (χ4v) is 4.89. The van der Waals surface area contributed by atoms with Crippen molar-refractivity contribution in [2.24, 2.45) is 11.7 Å². The van der Waals surface area contributed by atoms with Gasteiger partial charge in [-0.2, -0.15) is 0 Å². The van der Waals surface area contributed by atoms with E-state index in [4.69, 9.17) is 33.5 Å². The summed E-state index contributed by atoms with van der Waals surface area (Å²) in [4.78, 5) is 23.6. The summed E-state index contributed by atoms with van der Waals surface area (Å²) in [5.74, 6) is -3.34. The van der Waals surface area contributed by atoms with Gasteiger partial charge in [0.2, 0.25) is 11.8 Å². The quantitative estimate of drug-likeness (QED) is 0.465. The van der Waals surface area contributed by atoms with Crippen LogP contribution in [0.4, 0.5) is 0 Å². The summed E-state index contributed by atoms with van der Waals surface area (Å²) < 4.78 is 47.1. The summed E-state index contributed by atoms with van der Waals surface area (Å²) in [5.41, 5.74) is 6.94. The van der Waals surface area contributed by atoms with E-state index in [9.17, 15) is 14.2 Å². The molecule has 3 N–H and O–H groups in total. The standard InChI is InChI=1S/C20H27N2O9P/c1-11(17(21)23)18(24)22-19-16-15(30-20(2,3)31-16)14(29-19)10-28-32(25)26-8-12-6-4-5-7-13(12)9-27-32/h4-7,11,14-16,19H,8-10H2,1-3H3,(H2,21,23)(H,22,24)/t11?,14-,15-,16-,19-/m1/s1. The molecule has 1 aromatic rings. The van der Waals surface area contributed by atoms with Gasteiger partial charge in [-0.3, -0.25) is 23.2 Å². The molecule has 5 atom stereocenters. The maximum atomic E-state index is 13.0. The van der Waals surface area contributed by atoms with Gasteiger partial charge in [-0.25, -0.2) is 4.57 Å². The SMILES string of the molecule is CC(C(N)=O)C(=O)N[C@@H]1O[C@H](COP2(=O)OCc3ccccc3CO2)[C@H]2OC(C)(C)O[C@H]21. The van der Waals surface area contributed by atoms with Crippen LogP contribution in [0.1, 0.15) is 31.9 Å². The number of phosphoric acid groups is 1. The number of nitrogens with one attached hydrogen (secondary N) is 1. The number of rotatable bonds is 6. The first-order valence-electron chi connectivity index (χ1n) is 10.3. The number of ether oxygens (including phenoxy) is 3. The zero-order valence-electron chi connectivity index (χ0n) is 18.0. The number of phosphoric ester groups is 1. The Bertz CT molecular complexity index is 908. The normalized spacial score (nSPS) is 31.2. The second kappa shape index (κ2) is 8.83. The molecule has 3 aliphatic rings. The average Bonchev–Trinajstić information content (AvgIpc) is 3.15. The second-order valence-electron chi connectivity index (χ2n) is 8.35. The number of hydrogen-bond acceptors (Lipinski definition) is 9. The largest absolute Gasteiger partial charge is 0.475 e. The van der Waals surface area contributed by atoms with Gasteiger partial charge in [0.05, 0.1) is 19.8 Å². The Kier molecular flexibility index (Phi) is 6.43. The molecule has 3 heterocycles. The lowest BCUT2D eigenvalue weighted by Crippen LogP contribution is -2.47. The lowest BCUT2D eigenvalue weighted by Gasteiger charge is -2.25. The molecule has 0 radical (unpaired) electrons. The molecule has 4 rings (SSSR count). The van der Waals surface area contributed by atoms with Crippen LogP contribution in [0.25, 0.3) is 0 Å². The molecule has 3 aliphatic heterocycles. The van der Waals surface area contributed by atoms with Crippen molar-refractivity contribution < 1.29 is 41.9 Å². The lowest BCUT2D eigenvalue weighted by molar-refractivity contribution is -0.194. The van der Waals surface area contributed by atoms with Crippen molar-refractivity contribution in [1.82, 2.24) is 5.32 Å². The van der Waals surface area contributed by atoms with Gasteiger partial charge in [-0.1, -0.05) is 24.3 Å². The molecule has 0 saturated carbocycles. The van der Waals surface area contributed by atoms with Crippen molar-refractivity contribution >= 4 is 19.6 Å². The fourth-order valence-electron chi connectivity index (χ4n) is 3.74. The highest BCUT2D eigenvalue weighted by molar-refractivity contribution is 7.48. The fraction of sp³-hybridized carbons (Fsp3) is 0.600. The average molecular weight is 470 g/mol. The molecule has 176 valence electrons. The molecule has 12 heteroatoms. The van der Waals surface area contributed by atoms with Crippen molar-refractivity contribution in [3.8, 4) is 0 Å². The third kappa shape index (κ3) is 4.89. The van der Waals surface area contributed by atoms with Gasteiger partial charge in [0.1, 0.15) is 24.2 Å². The van der Waals surface area contributed by atoms with Gasteiger partial charge in [0.15, 0.2) is 12.0 Å². The van der Waals surface area contributed by atoms with Gasteiger partial charge in [-0.15, -0.1) is 0 Å². The Morgan fingerprint density at radius 2 is 1.78 bits per heavy atom. The Balaban J connectivity index is 1.41. The molecule has 11 nitrogen and oxygen atoms in total. The van der Waals surface area contributed by atoms with Crippen molar-refractivity contribution in [1.29, 1.82) is 0 Å². The first-order chi connectivity index (χ1) is 15.1. The molecule has 0 bridgehead atoms. The molecule has 2 fully saturated rings. The minimum Gasteiger partial charge on any atom is -0.369 e. The molecule has 0 aliphatic carbocycles. The molecule has 1 unspecified atom stereocenters. The number of nitrogens with two attached hydrogens (primary N) is 1. The van der Waals surface area contributed by atoms with Crippen molar-refractivity contribution in [3.05, 3.63) is 35.4 Å². The van der Waals surface area contributed by atoms with E-state index in [2.05, 4.69) is 5.32 Å². The molecule has 32 heavy (non-hydrogen) atoms. The zero-order valence-corrected chi connectivity index (χ0v) is 18.9. The van der Waals surface area contributed by atoms with E-state index in [1.165, 1.54) is 6.92 Å². The summed E-state index contributed by atoms with van der Waals surface area (Å²) in [7, 11) is -3.86. The molecule has 2 amide bonds. The number of benzene rings is 1. The van der Waals surface area contributed by atoms with E-state index < -0.39 is 55.9 Å². The number of primary amides is 1. The Morgan fingerprint density at radius 1 is 1.19 bits per heavy atom. The highest BCUT2D eigenvalue weighted by Crippen LogP contribution is 2.53. The van der Waals surface area contributed by atoms with Crippen LogP contribution >= 0.6 is 7.82 Å². The third-order valence-electron chi connectivity index (χ3n) is 5.53. The summed E-state index contributed by atoms with van der Waals surface area (Å²) in [6.45, 7) is 4.83. The molecule has 1 aromatic carbocycles. The van der Waals surface area contributed by atoms with Crippen LogP contribution in [0.15, 0.2) is 24.3 Å². The van der Waals surface area contributed by atoms with E-state index in [0.29, 0.717) is 0 Å². The predicted octanol–water partition coefficient (Wildman–Crippen LogP) is 1.34. The predicted molar refractivity (Wildman–Crippen MR) is 109 cm³/mol. The topological polar surface area (TPSA) is 145 Å². The van der Waals surface area contributed by atoms with E-state index in [0.717, 1.165) is 11.1 Å². The van der Waals surface area contributed by atoms with Gasteiger partial charge in [0.25, 0.3) is 0 Å². The number of hydrogen-bond donors (Lipinski definition) is 2. The van der Waals surface area contributed by atoms with E-state index >= 15 is 0 Å². The van der Waals surface area contributed by atoms with E-state index in [1.54, 1.807) is 13.8 Å². The van der Waals surface area contributed by atoms with E-state index in [-0.39, 0.29) is 19.8 Å². The highest BCUT2D eigenvalue weighted by Gasteiger charge is 2.56. The second-order valence-corrected chi connectivity index (χ2v) is 10.0. The number of carbonyl (C=O) groups excluding carboxylic acids is 2. The van der Waals surface area contributed by atoms with Gasteiger partial charge >= 0.3 is 7.82 Å². The maximum Gasteiger partial charge on any atom is 0.475 e.